The number of nitrogens with zero attached hydrogens (tertiary/aromatic N) is 2. The van der Waals surface area contributed by atoms with Crippen LogP contribution in [0.5, 0.6) is 0 Å². The van der Waals surface area contributed by atoms with E-state index in [1.165, 1.54) is 12.3 Å². The SMILES string of the molecule is O=S(=O)(Nc1cc2nsnc2cc1F)c1c[nH]c2cc(Cl)ccc12. The summed E-state index contributed by atoms with van der Waals surface area (Å²) in [5.41, 5.74) is 1.19. The molecule has 0 aliphatic carbocycles. The Labute approximate surface area is 144 Å². The number of rotatable bonds is 3. The molecule has 2 heterocycles. The highest BCUT2D eigenvalue weighted by atomic mass is 35.5. The van der Waals surface area contributed by atoms with Gasteiger partial charge in [-0.15, -0.1) is 0 Å². The molecule has 0 bridgehead atoms. The van der Waals surface area contributed by atoms with Crippen molar-refractivity contribution in [3.8, 4) is 0 Å². The van der Waals surface area contributed by atoms with Crippen LogP contribution in [0, 0.1) is 5.82 Å². The molecule has 0 saturated carbocycles. The van der Waals surface area contributed by atoms with Gasteiger partial charge in [0.15, 0.2) is 0 Å². The molecule has 4 rings (SSSR count). The second kappa shape index (κ2) is 5.40. The van der Waals surface area contributed by atoms with Crippen LogP contribution in [0.4, 0.5) is 10.1 Å². The zero-order chi connectivity index (χ0) is 16.9. The normalized spacial score (nSPS) is 12.1. The molecule has 122 valence electrons. The Morgan fingerprint density at radius 3 is 2.71 bits per heavy atom. The number of halogens is 2. The number of benzene rings is 2. The van der Waals surface area contributed by atoms with Crippen LogP contribution in [-0.4, -0.2) is 22.1 Å². The third-order valence-electron chi connectivity index (χ3n) is 3.48. The van der Waals surface area contributed by atoms with E-state index in [2.05, 4.69) is 18.5 Å². The van der Waals surface area contributed by atoms with Gasteiger partial charge in [0.05, 0.1) is 17.4 Å². The van der Waals surface area contributed by atoms with E-state index >= 15 is 0 Å². The highest BCUT2D eigenvalue weighted by molar-refractivity contribution is 7.93. The van der Waals surface area contributed by atoms with Gasteiger partial charge in [0.2, 0.25) is 0 Å². The highest BCUT2D eigenvalue weighted by Gasteiger charge is 2.21. The van der Waals surface area contributed by atoms with Crippen LogP contribution >= 0.6 is 23.3 Å². The molecule has 0 spiro atoms. The van der Waals surface area contributed by atoms with Crippen molar-refractivity contribution < 1.29 is 12.8 Å². The topological polar surface area (TPSA) is 87.7 Å². The molecule has 0 atom stereocenters. The molecule has 2 aromatic carbocycles. The van der Waals surface area contributed by atoms with E-state index in [1.54, 1.807) is 18.2 Å². The summed E-state index contributed by atoms with van der Waals surface area (Å²) in [6.07, 6.45) is 1.34. The lowest BCUT2D eigenvalue weighted by atomic mass is 10.2. The van der Waals surface area contributed by atoms with Gasteiger partial charge >= 0.3 is 0 Å². The van der Waals surface area contributed by atoms with Gasteiger partial charge in [-0.3, -0.25) is 4.72 Å². The third kappa shape index (κ3) is 2.50. The fraction of sp³-hybridized carbons (Fsp3) is 0. The fourth-order valence-electron chi connectivity index (χ4n) is 2.38. The quantitative estimate of drug-likeness (QED) is 0.564. The van der Waals surface area contributed by atoms with Crippen LogP contribution < -0.4 is 4.72 Å². The summed E-state index contributed by atoms with van der Waals surface area (Å²) in [5.74, 6) is -0.721. The van der Waals surface area contributed by atoms with E-state index in [4.69, 9.17) is 11.6 Å². The van der Waals surface area contributed by atoms with Gasteiger partial charge in [0.25, 0.3) is 10.0 Å². The zero-order valence-electron chi connectivity index (χ0n) is 11.7. The van der Waals surface area contributed by atoms with E-state index in [1.807, 2.05) is 0 Å². The van der Waals surface area contributed by atoms with Gasteiger partial charge in [-0.05, 0) is 24.3 Å². The molecule has 0 amide bonds. The maximum absolute atomic E-state index is 14.1. The Kier molecular flexibility index (Phi) is 3.44. The Morgan fingerprint density at radius 1 is 1.17 bits per heavy atom. The molecule has 6 nitrogen and oxygen atoms in total. The van der Waals surface area contributed by atoms with Crippen LogP contribution in [0.2, 0.25) is 5.02 Å². The minimum absolute atomic E-state index is 0.00469. The maximum Gasteiger partial charge on any atom is 0.264 e. The van der Waals surface area contributed by atoms with Crippen molar-refractivity contribution in [1.29, 1.82) is 0 Å². The van der Waals surface area contributed by atoms with Gasteiger partial charge in [-0.1, -0.05) is 11.6 Å². The van der Waals surface area contributed by atoms with E-state index in [0.717, 1.165) is 17.8 Å². The molecule has 4 aromatic rings. The number of hydrogen-bond acceptors (Lipinski definition) is 5. The Hall–Kier alpha value is -2.23. The van der Waals surface area contributed by atoms with Crippen molar-refractivity contribution in [3.05, 3.63) is 47.4 Å². The summed E-state index contributed by atoms with van der Waals surface area (Å²) in [5, 5.41) is 0.942. The lowest BCUT2D eigenvalue weighted by Crippen LogP contribution is -2.13. The van der Waals surface area contributed by atoms with Crippen molar-refractivity contribution in [1.82, 2.24) is 13.7 Å². The molecule has 0 saturated heterocycles. The minimum Gasteiger partial charge on any atom is -0.360 e. The first-order valence-electron chi connectivity index (χ1n) is 6.65. The second-order valence-electron chi connectivity index (χ2n) is 5.03. The molecule has 10 heteroatoms. The molecule has 24 heavy (non-hydrogen) atoms. The summed E-state index contributed by atoms with van der Waals surface area (Å²) < 4.78 is 49.5. The van der Waals surface area contributed by atoms with E-state index < -0.39 is 15.8 Å². The summed E-state index contributed by atoms with van der Waals surface area (Å²) in [6.45, 7) is 0. The van der Waals surface area contributed by atoms with Crippen LogP contribution in [0.1, 0.15) is 0 Å². The largest absolute Gasteiger partial charge is 0.360 e. The smallest absolute Gasteiger partial charge is 0.264 e. The fourth-order valence-corrected chi connectivity index (χ4v) is 4.30. The summed E-state index contributed by atoms with van der Waals surface area (Å²) >= 11 is 6.82. The second-order valence-corrected chi connectivity index (χ2v) is 7.65. The molecule has 0 aliphatic rings. The van der Waals surface area contributed by atoms with Crippen LogP contribution in [-0.2, 0) is 10.0 Å². The highest BCUT2D eigenvalue weighted by Crippen LogP contribution is 2.29. The first-order chi connectivity index (χ1) is 11.4. The van der Waals surface area contributed by atoms with Gasteiger partial charge in [0.1, 0.15) is 21.7 Å². The molecule has 0 aliphatic heterocycles. The number of anilines is 1. The number of fused-ring (bicyclic) bond motifs is 2. The predicted octanol–water partition coefficient (Wildman–Crippen LogP) is 3.77. The number of nitrogens with one attached hydrogen (secondary N) is 2. The number of hydrogen-bond donors (Lipinski definition) is 2. The lowest BCUT2D eigenvalue weighted by molar-refractivity contribution is 0.599. The van der Waals surface area contributed by atoms with E-state index in [0.29, 0.717) is 27.0 Å². The Bertz CT molecular complexity index is 1190. The molecular formula is C14H8ClFN4O2S2. The van der Waals surface area contributed by atoms with E-state index in [9.17, 15) is 12.8 Å². The number of aromatic nitrogens is 3. The number of sulfonamides is 1. The summed E-state index contributed by atoms with van der Waals surface area (Å²) in [6, 6.07) is 7.25. The number of H-pyrrole nitrogens is 1. The monoisotopic (exact) mass is 382 g/mol. The predicted molar refractivity (Wildman–Crippen MR) is 91.5 cm³/mol. The van der Waals surface area contributed by atoms with Gasteiger partial charge in [-0.25, -0.2) is 12.8 Å². The maximum atomic E-state index is 14.1. The first-order valence-corrected chi connectivity index (χ1v) is 9.24. The van der Waals surface area contributed by atoms with Crippen LogP contribution in [0.25, 0.3) is 21.9 Å². The molecule has 2 N–H and O–H groups in total. The van der Waals surface area contributed by atoms with Gasteiger partial charge < -0.3 is 4.98 Å². The van der Waals surface area contributed by atoms with E-state index in [-0.39, 0.29) is 10.6 Å². The molecule has 0 unspecified atom stereocenters. The minimum atomic E-state index is -3.99. The first kappa shape index (κ1) is 15.3. The van der Waals surface area contributed by atoms with Crippen molar-refractivity contribution >= 4 is 61.0 Å². The van der Waals surface area contributed by atoms with Crippen LogP contribution in [0.15, 0.2) is 41.4 Å². The number of aromatic amines is 1. The molecule has 0 fully saturated rings. The third-order valence-corrected chi connectivity index (χ3v) is 5.68. The zero-order valence-corrected chi connectivity index (χ0v) is 14.1. The standard InChI is InChI=1S/C14H8ClFN4O2S2/c15-7-1-2-8-10(3-7)17-6-14(8)24(21,22)20-11-5-13-12(4-9(11)16)18-23-19-13/h1-6,17,20H. The average molecular weight is 383 g/mol. The molecular weight excluding hydrogens is 375 g/mol. The van der Waals surface area contributed by atoms with Gasteiger partial charge in [0, 0.05) is 28.2 Å². The van der Waals surface area contributed by atoms with Crippen LogP contribution in [0.3, 0.4) is 0 Å². The molecule has 2 aromatic heterocycles. The lowest BCUT2D eigenvalue weighted by Gasteiger charge is -2.08. The molecule has 0 radical (unpaired) electrons. The Balaban J connectivity index is 1.80. The van der Waals surface area contributed by atoms with Gasteiger partial charge in [-0.2, -0.15) is 8.75 Å². The van der Waals surface area contributed by atoms with Crippen molar-refractivity contribution in [2.45, 2.75) is 4.90 Å². The van der Waals surface area contributed by atoms with Crippen molar-refractivity contribution in [2.24, 2.45) is 0 Å². The summed E-state index contributed by atoms with van der Waals surface area (Å²) in [4.78, 5) is 2.85. The average Bonchev–Trinajstić information content (AvgIpc) is 3.13. The van der Waals surface area contributed by atoms with Crippen molar-refractivity contribution in [2.75, 3.05) is 4.72 Å². The van der Waals surface area contributed by atoms with Crippen molar-refractivity contribution in [3.63, 3.8) is 0 Å². The Morgan fingerprint density at radius 2 is 1.92 bits per heavy atom. The summed E-state index contributed by atoms with van der Waals surface area (Å²) in [7, 11) is -3.99.